The van der Waals surface area contributed by atoms with Crippen molar-refractivity contribution in [1.29, 1.82) is 5.26 Å². The summed E-state index contributed by atoms with van der Waals surface area (Å²) in [6.07, 6.45) is 3.30. The first-order chi connectivity index (χ1) is 9.47. The number of nitriles is 1. The lowest BCUT2D eigenvalue weighted by Gasteiger charge is -2.23. The van der Waals surface area contributed by atoms with E-state index in [4.69, 9.17) is 4.74 Å². The molecule has 0 radical (unpaired) electrons. The zero-order valence-corrected chi connectivity index (χ0v) is 12.3. The summed E-state index contributed by atoms with van der Waals surface area (Å²) < 4.78 is 5.44. The van der Waals surface area contributed by atoms with Crippen LogP contribution in [0.25, 0.3) is 11.1 Å². The second-order valence-electron chi connectivity index (χ2n) is 5.70. The van der Waals surface area contributed by atoms with Crippen LogP contribution < -0.4 is 4.74 Å². The van der Waals surface area contributed by atoms with Crippen LogP contribution in [0.2, 0.25) is 0 Å². The van der Waals surface area contributed by atoms with Gasteiger partial charge in [-0.3, -0.25) is 4.98 Å². The molecule has 0 spiro atoms. The van der Waals surface area contributed by atoms with E-state index in [1.165, 1.54) is 0 Å². The van der Waals surface area contributed by atoms with Crippen molar-refractivity contribution in [3.63, 3.8) is 0 Å². The lowest BCUT2D eigenvalue weighted by molar-refractivity contribution is 0.397. The number of hydrogen-bond donors (Lipinski definition) is 0. The van der Waals surface area contributed by atoms with E-state index in [2.05, 4.69) is 37.9 Å². The van der Waals surface area contributed by atoms with Gasteiger partial charge in [-0.15, -0.1) is 0 Å². The van der Waals surface area contributed by atoms with Gasteiger partial charge in [-0.2, -0.15) is 5.26 Å². The highest BCUT2D eigenvalue weighted by Gasteiger charge is 2.20. The largest absolute Gasteiger partial charge is 0.496 e. The average Bonchev–Trinajstić information content (AvgIpc) is 2.45. The topological polar surface area (TPSA) is 45.9 Å². The van der Waals surface area contributed by atoms with Crippen molar-refractivity contribution in [2.24, 2.45) is 0 Å². The maximum Gasteiger partial charge on any atom is 0.122 e. The first kappa shape index (κ1) is 14.1. The highest BCUT2D eigenvalue weighted by atomic mass is 16.5. The zero-order valence-electron chi connectivity index (χ0n) is 12.3. The fourth-order valence-electron chi connectivity index (χ4n) is 2.20. The maximum absolute atomic E-state index is 9.19. The maximum atomic E-state index is 9.19. The summed E-state index contributed by atoms with van der Waals surface area (Å²) in [7, 11) is 1.68. The molecule has 1 aromatic heterocycles. The normalized spacial score (nSPS) is 10.9. The van der Waals surface area contributed by atoms with Crippen molar-refractivity contribution in [2.45, 2.75) is 26.2 Å². The SMILES string of the molecule is COc1ccc(-c2ccncc2C#N)cc1C(C)(C)C. The van der Waals surface area contributed by atoms with E-state index >= 15 is 0 Å². The molecule has 0 bridgehead atoms. The first-order valence-electron chi connectivity index (χ1n) is 6.50. The summed E-state index contributed by atoms with van der Waals surface area (Å²) in [4.78, 5) is 4.00. The Morgan fingerprint density at radius 3 is 2.55 bits per heavy atom. The lowest BCUT2D eigenvalue weighted by Crippen LogP contribution is -2.13. The average molecular weight is 266 g/mol. The minimum atomic E-state index is -0.0266. The Labute approximate surface area is 119 Å². The molecule has 0 aliphatic rings. The van der Waals surface area contributed by atoms with E-state index < -0.39 is 0 Å². The van der Waals surface area contributed by atoms with Gasteiger partial charge in [0, 0.05) is 23.5 Å². The van der Waals surface area contributed by atoms with Gasteiger partial charge in [0.05, 0.1) is 12.7 Å². The predicted molar refractivity (Wildman–Crippen MR) is 79.6 cm³/mol. The molecule has 0 unspecified atom stereocenters. The monoisotopic (exact) mass is 266 g/mol. The van der Waals surface area contributed by atoms with Gasteiger partial charge in [-0.05, 0) is 29.2 Å². The Hall–Kier alpha value is -2.34. The molecule has 0 saturated heterocycles. The minimum absolute atomic E-state index is 0.0266. The van der Waals surface area contributed by atoms with Crippen LogP contribution in [0.5, 0.6) is 5.75 Å². The summed E-state index contributed by atoms with van der Waals surface area (Å²) in [5.41, 5.74) is 3.59. The van der Waals surface area contributed by atoms with Crippen molar-refractivity contribution >= 4 is 0 Å². The Bertz CT molecular complexity index is 663. The number of hydrogen-bond acceptors (Lipinski definition) is 3. The number of ether oxygens (including phenoxy) is 1. The van der Waals surface area contributed by atoms with Crippen LogP contribution >= 0.6 is 0 Å². The van der Waals surface area contributed by atoms with Gasteiger partial charge in [-0.25, -0.2) is 0 Å². The highest BCUT2D eigenvalue weighted by Crippen LogP contribution is 2.35. The van der Waals surface area contributed by atoms with Crippen LogP contribution in [0.15, 0.2) is 36.7 Å². The van der Waals surface area contributed by atoms with E-state index in [-0.39, 0.29) is 5.41 Å². The number of rotatable bonds is 2. The molecular weight excluding hydrogens is 248 g/mol. The smallest absolute Gasteiger partial charge is 0.122 e. The fourth-order valence-corrected chi connectivity index (χ4v) is 2.20. The lowest BCUT2D eigenvalue weighted by atomic mass is 9.84. The summed E-state index contributed by atoms with van der Waals surface area (Å²) in [6, 6.07) is 10.1. The van der Waals surface area contributed by atoms with Crippen molar-refractivity contribution < 1.29 is 4.74 Å². The number of nitrogens with zero attached hydrogens (tertiary/aromatic N) is 2. The molecule has 1 aromatic carbocycles. The van der Waals surface area contributed by atoms with E-state index in [0.29, 0.717) is 5.56 Å². The molecule has 0 aliphatic heterocycles. The van der Waals surface area contributed by atoms with Crippen LogP contribution in [0, 0.1) is 11.3 Å². The Balaban J connectivity index is 2.63. The van der Waals surface area contributed by atoms with Gasteiger partial charge in [-0.1, -0.05) is 26.8 Å². The number of benzene rings is 1. The van der Waals surface area contributed by atoms with Crippen LogP contribution in [-0.4, -0.2) is 12.1 Å². The van der Waals surface area contributed by atoms with Crippen molar-refractivity contribution in [1.82, 2.24) is 4.98 Å². The molecule has 0 atom stereocenters. The second kappa shape index (κ2) is 5.34. The number of methoxy groups -OCH3 is 1. The molecule has 0 amide bonds. The molecule has 0 N–H and O–H groups in total. The number of aromatic nitrogens is 1. The third kappa shape index (κ3) is 2.65. The van der Waals surface area contributed by atoms with Crippen LogP contribution in [0.1, 0.15) is 31.9 Å². The zero-order chi connectivity index (χ0) is 14.8. The molecule has 0 aliphatic carbocycles. The third-order valence-corrected chi connectivity index (χ3v) is 3.26. The summed E-state index contributed by atoms with van der Waals surface area (Å²) in [5.74, 6) is 0.869. The quantitative estimate of drug-likeness (QED) is 0.827. The van der Waals surface area contributed by atoms with E-state index in [1.807, 2.05) is 18.2 Å². The molecule has 1 heterocycles. The second-order valence-corrected chi connectivity index (χ2v) is 5.70. The minimum Gasteiger partial charge on any atom is -0.496 e. The number of pyridine rings is 1. The predicted octanol–water partition coefficient (Wildman–Crippen LogP) is 3.93. The van der Waals surface area contributed by atoms with Gasteiger partial charge in [0.2, 0.25) is 0 Å². The molecule has 2 aromatic rings. The Morgan fingerprint density at radius 2 is 1.95 bits per heavy atom. The van der Waals surface area contributed by atoms with E-state index in [1.54, 1.807) is 19.5 Å². The Morgan fingerprint density at radius 1 is 1.20 bits per heavy atom. The van der Waals surface area contributed by atoms with Crippen molar-refractivity contribution in [3.8, 4) is 22.9 Å². The molecule has 20 heavy (non-hydrogen) atoms. The van der Waals surface area contributed by atoms with Gasteiger partial charge in [0.1, 0.15) is 11.8 Å². The molecule has 0 fully saturated rings. The first-order valence-corrected chi connectivity index (χ1v) is 6.50. The molecule has 0 saturated carbocycles. The van der Waals surface area contributed by atoms with E-state index in [9.17, 15) is 5.26 Å². The van der Waals surface area contributed by atoms with Crippen LogP contribution in [0.3, 0.4) is 0 Å². The summed E-state index contributed by atoms with van der Waals surface area (Å²) in [5, 5.41) is 9.19. The van der Waals surface area contributed by atoms with Crippen molar-refractivity contribution in [3.05, 3.63) is 47.8 Å². The summed E-state index contributed by atoms with van der Waals surface area (Å²) in [6.45, 7) is 6.44. The van der Waals surface area contributed by atoms with Crippen LogP contribution in [0.4, 0.5) is 0 Å². The molecule has 3 heteroatoms. The highest BCUT2D eigenvalue weighted by molar-refractivity contribution is 5.71. The van der Waals surface area contributed by atoms with Crippen molar-refractivity contribution in [2.75, 3.05) is 7.11 Å². The fraction of sp³-hybridized carbons (Fsp3) is 0.294. The van der Waals surface area contributed by atoms with Crippen LogP contribution in [-0.2, 0) is 5.41 Å². The molecule has 2 rings (SSSR count). The molecule has 102 valence electrons. The van der Waals surface area contributed by atoms with Gasteiger partial charge >= 0.3 is 0 Å². The van der Waals surface area contributed by atoms with Gasteiger partial charge in [0.15, 0.2) is 0 Å². The Kier molecular flexibility index (Phi) is 3.76. The van der Waals surface area contributed by atoms with E-state index in [0.717, 1.165) is 22.4 Å². The molecular formula is C17H18N2O. The standard InChI is InChI=1S/C17H18N2O/c1-17(2,3)15-9-12(5-6-16(15)20-4)14-7-8-19-11-13(14)10-18/h5-9,11H,1-4H3. The van der Waals surface area contributed by atoms with Gasteiger partial charge < -0.3 is 4.74 Å². The van der Waals surface area contributed by atoms with Gasteiger partial charge in [0.25, 0.3) is 0 Å². The third-order valence-electron chi connectivity index (χ3n) is 3.26. The summed E-state index contributed by atoms with van der Waals surface area (Å²) >= 11 is 0. The molecule has 3 nitrogen and oxygen atoms in total.